The molecule has 1 aromatic carbocycles. The van der Waals surface area contributed by atoms with Gasteiger partial charge in [0.2, 0.25) is 5.78 Å². The number of aromatic nitrogens is 3. The Kier molecular flexibility index (Phi) is 2.39. The maximum atomic E-state index is 9.32. The van der Waals surface area contributed by atoms with Crippen LogP contribution in [0.5, 0.6) is 5.75 Å². The number of rotatable bonds is 3. The summed E-state index contributed by atoms with van der Waals surface area (Å²) in [5.41, 5.74) is 1.81. The second-order valence-electron chi connectivity index (χ2n) is 5.11. The molecule has 5 nitrogen and oxygen atoms in total. The number of imidazole rings is 1. The number of aromatic hydroxyl groups is 1. The summed E-state index contributed by atoms with van der Waals surface area (Å²) in [5.74, 6) is 1.81. The van der Waals surface area contributed by atoms with E-state index < -0.39 is 0 Å². The maximum Gasteiger partial charge on any atom is 0.236 e. The topological polar surface area (TPSA) is 62.5 Å². The predicted octanol–water partition coefficient (Wildman–Crippen LogP) is 2.68. The van der Waals surface area contributed by atoms with Crippen molar-refractivity contribution in [2.24, 2.45) is 0 Å². The fourth-order valence-corrected chi connectivity index (χ4v) is 2.16. The first kappa shape index (κ1) is 11.3. The van der Waals surface area contributed by atoms with E-state index >= 15 is 0 Å². The number of phenolic OH excluding ortho intramolecular Hbond substituents is 1. The van der Waals surface area contributed by atoms with Crippen molar-refractivity contribution in [3.05, 3.63) is 42.7 Å². The van der Waals surface area contributed by atoms with Crippen molar-refractivity contribution >= 4 is 11.6 Å². The molecule has 2 N–H and O–H groups in total. The van der Waals surface area contributed by atoms with Crippen molar-refractivity contribution in [3.8, 4) is 17.0 Å². The highest BCUT2D eigenvalue weighted by Crippen LogP contribution is 2.25. The lowest BCUT2D eigenvalue weighted by molar-refractivity contribution is 0.475. The second-order valence-corrected chi connectivity index (χ2v) is 5.11. The highest BCUT2D eigenvalue weighted by molar-refractivity contribution is 5.62. The normalized spacial score (nSPS) is 14.6. The Hall–Kier alpha value is -2.56. The van der Waals surface area contributed by atoms with Crippen LogP contribution in [0.1, 0.15) is 12.8 Å². The molecule has 2 aromatic heterocycles. The number of nitrogens with one attached hydrogen (secondary N) is 1. The van der Waals surface area contributed by atoms with Gasteiger partial charge in [-0.3, -0.25) is 4.40 Å². The number of hydrogen-bond acceptors (Lipinski definition) is 4. The Balaban J connectivity index is 1.71. The van der Waals surface area contributed by atoms with Crippen LogP contribution in [-0.2, 0) is 0 Å². The van der Waals surface area contributed by atoms with Crippen LogP contribution in [0, 0.1) is 0 Å². The van der Waals surface area contributed by atoms with Gasteiger partial charge in [-0.2, -0.15) is 4.98 Å². The lowest BCUT2D eigenvalue weighted by Crippen LogP contribution is -2.03. The van der Waals surface area contributed by atoms with Crippen LogP contribution in [0.15, 0.2) is 42.7 Å². The summed E-state index contributed by atoms with van der Waals surface area (Å²) in [6, 6.07) is 9.56. The fourth-order valence-electron chi connectivity index (χ4n) is 2.16. The molecule has 2 heterocycles. The van der Waals surface area contributed by atoms with Gasteiger partial charge in [0.15, 0.2) is 0 Å². The zero-order valence-electron chi connectivity index (χ0n) is 10.8. The van der Waals surface area contributed by atoms with Crippen molar-refractivity contribution in [3.63, 3.8) is 0 Å². The van der Waals surface area contributed by atoms with E-state index in [1.807, 2.05) is 35.0 Å². The zero-order chi connectivity index (χ0) is 13.5. The molecule has 20 heavy (non-hydrogen) atoms. The second kappa shape index (κ2) is 4.23. The minimum absolute atomic E-state index is 0.256. The molecule has 0 unspecified atom stereocenters. The minimum Gasteiger partial charge on any atom is -0.508 e. The molecule has 3 aromatic rings. The smallest absolute Gasteiger partial charge is 0.236 e. The third kappa shape index (κ3) is 2.07. The summed E-state index contributed by atoms with van der Waals surface area (Å²) >= 11 is 0. The van der Waals surface area contributed by atoms with E-state index in [4.69, 9.17) is 0 Å². The van der Waals surface area contributed by atoms with Gasteiger partial charge >= 0.3 is 0 Å². The number of benzene rings is 1. The molecule has 0 amide bonds. The summed E-state index contributed by atoms with van der Waals surface area (Å²) in [4.78, 5) is 9.04. The van der Waals surface area contributed by atoms with Crippen LogP contribution in [0.3, 0.4) is 0 Å². The Morgan fingerprint density at radius 2 is 1.90 bits per heavy atom. The standard InChI is InChI=1S/C15H14N4O/c20-12-5-1-10(2-6-12)13-9-19-8-7-14(16-11-3-4-11)18-15(19)17-13/h1-2,5-9,11,20H,3-4H2,(H,16,17,18). The number of anilines is 1. The summed E-state index contributed by atoms with van der Waals surface area (Å²) in [6.07, 6.45) is 6.35. The van der Waals surface area contributed by atoms with E-state index in [2.05, 4.69) is 15.3 Å². The Morgan fingerprint density at radius 1 is 1.10 bits per heavy atom. The average Bonchev–Trinajstić information content (AvgIpc) is 3.16. The van der Waals surface area contributed by atoms with Gasteiger partial charge < -0.3 is 10.4 Å². The molecule has 1 aliphatic rings. The Labute approximate surface area is 115 Å². The van der Waals surface area contributed by atoms with Crippen LogP contribution < -0.4 is 5.32 Å². The SMILES string of the molecule is Oc1ccc(-c2cn3ccc(NC4CC4)nc3n2)cc1. The largest absolute Gasteiger partial charge is 0.508 e. The summed E-state index contributed by atoms with van der Waals surface area (Å²) in [5, 5.41) is 12.7. The van der Waals surface area contributed by atoms with Crippen LogP contribution in [-0.4, -0.2) is 25.5 Å². The van der Waals surface area contributed by atoms with Crippen LogP contribution in [0.25, 0.3) is 17.0 Å². The molecule has 0 aliphatic heterocycles. The van der Waals surface area contributed by atoms with Gasteiger partial charge in [0.05, 0.1) is 5.69 Å². The highest BCUT2D eigenvalue weighted by Gasteiger charge is 2.21. The van der Waals surface area contributed by atoms with Gasteiger partial charge in [-0.05, 0) is 43.2 Å². The first-order chi connectivity index (χ1) is 9.78. The predicted molar refractivity (Wildman–Crippen MR) is 76.7 cm³/mol. The van der Waals surface area contributed by atoms with Crippen LogP contribution >= 0.6 is 0 Å². The first-order valence-corrected chi connectivity index (χ1v) is 6.70. The molecule has 0 saturated heterocycles. The molecule has 0 bridgehead atoms. The fraction of sp³-hybridized carbons (Fsp3) is 0.200. The summed E-state index contributed by atoms with van der Waals surface area (Å²) in [7, 11) is 0. The Bertz CT molecular complexity index is 759. The van der Waals surface area contributed by atoms with E-state index in [1.165, 1.54) is 12.8 Å². The van der Waals surface area contributed by atoms with Gasteiger partial charge in [0.1, 0.15) is 11.6 Å². The molecule has 0 radical (unpaired) electrons. The van der Waals surface area contributed by atoms with Gasteiger partial charge in [-0.25, -0.2) is 4.98 Å². The lowest BCUT2D eigenvalue weighted by atomic mass is 10.2. The minimum atomic E-state index is 0.256. The van der Waals surface area contributed by atoms with Gasteiger partial charge in [0, 0.05) is 24.0 Å². The van der Waals surface area contributed by atoms with Crippen LogP contribution in [0.2, 0.25) is 0 Å². The molecule has 1 saturated carbocycles. The summed E-state index contributed by atoms with van der Waals surface area (Å²) in [6.45, 7) is 0. The van der Waals surface area contributed by atoms with Crippen molar-refractivity contribution in [1.29, 1.82) is 0 Å². The molecule has 5 heteroatoms. The first-order valence-electron chi connectivity index (χ1n) is 6.70. The lowest BCUT2D eigenvalue weighted by Gasteiger charge is -2.02. The van der Waals surface area contributed by atoms with Crippen LogP contribution in [0.4, 0.5) is 5.82 Å². The molecule has 0 spiro atoms. The van der Waals surface area contributed by atoms with Gasteiger partial charge in [-0.15, -0.1) is 0 Å². The quantitative estimate of drug-likeness (QED) is 0.765. The maximum absolute atomic E-state index is 9.32. The monoisotopic (exact) mass is 266 g/mol. The highest BCUT2D eigenvalue weighted by atomic mass is 16.3. The van der Waals surface area contributed by atoms with Gasteiger partial charge in [0.25, 0.3) is 0 Å². The van der Waals surface area contributed by atoms with E-state index in [-0.39, 0.29) is 5.75 Å². The van der Waals surface area contributed by atoms with E-state index in [0.717, 1.165) is 17.1 Å². The number of nitrogens with zero attached hydrogens (tertiary/aromatic N) is 3. The number of fused-ring (bicyclic) bond motifs is 1. The summed E-state index contributed by atoms with van der Waals surface area (Å²) < 4.78 is 1.90. The molecule has 100 valence electrons. The van der Waals surface area contributed by atoms with Crippen molar-refractivity contribution < 1.29 is 5.11 Å². The average molecular weight is 266 g/mol. The molecular weight excluding hydrogens is 252 g/mol. The van der Waals surface area contributed by atoms with Crippen molar-refractivity contribution in [1.82, 2.24) is 14.4 Å². The third-order valence-corrected chi connectivity index (χ3v) is 3.42. The molecule has 0 atom stereocenters. The van der Waals surface area contributed by atoms with E-state index in [0.29, 0.717) is 11.8 Å². The molecule has 1 aliphatic carbocycles. The van der Waals surface area contributed by atoms with E-state index in [1.54, 1.807) is 12.1 Å². The Morgan fingerprint density at radius 3 is 2.65 bits per heavy atom. The number of phenols is 1. The van der Waals surface area contributed by atoms with Crippen molar-refractivity contribution in [2.75, 3.05) is 5.32 Å². The van der Waals surface area contributed by atoms with Crippen molar-refractivity contribution in [2.45, 2.75) is 18.9 Å². The third-order valence-electron chi connectivity index (χ3n) is 3.42. The van der Waals surface area contributed by atoms with Gasteiger partial charge in [-0.1, -0.05) is 0 Å². The molecule has 4 rings (SSSR count). The molecular formula is C15H14N4O. The van der Waals surface area contributed by atoms with E-state index in [9.17, 15) is 5.11 Å². The number of hydrogen-bond donors (Lipinski definition) is 2. The molecule has 1 fully saturated rings. The zero-order valence-corrected chi connectivity index (χ0v) is 10.8.